The van der Waals surface area contributed by atoms with Gasteiger partial charge >= 0.3 is 5.97 Å². The van der Waals surface area contributed by atoms with Gasteiger partial charge in [0.1, 0.15) is 0 Å². The Hall–Kier alpha value is -1.93. The Kier molecular flexibility index (Phi) is 6.55. The Morgan fingerprint density at radius 2 is 1.88 bits per heavy atom. The topological polar surface area (TPSA) is 92.8 Å². The number of benzene rings is 1. The highest BCUT2D eigenvalue weighted by atomic mass is 32.2. The lowest BCUT2D eigenvalue weighted by molar-refractivity contribution is -0.126. The number of esters is 1. The van der Waals surface area contributed by atoms with Gasteiger partial charge in [-0.25, -0.2) is 13.2 Å². The van der Waals surface area contributed by atoms with Crippen LogP contribution in [0.4, 0.5) is 0 Å². The molecule has 0 radical (unpaired) electrons. The maximum atomic E-state index is 12.9. The van der Waals surface area contributed by atoms with E-state index in [0.717, 1.165) is 6.42 Å². The van der Waals surface area contributed by atoms with Crippen LogP contribution in [0.3, 0.4) is 0 Å². The van der Waals surface area contributed by atoms with Crippen LogP contribution in [0.2, 0.25) is 0 Å². The second kappa shape index (κ2) is 8.44. The summed E-state index contributed by atoms with van der Waals surface area (Å²) < 4.78 is 31.8. The minimum absolute atomic E-state index is 0.0196. The van der Waals surface area contributed by atoms with Crippen LogP contribution in [0.1, 0.15) is 36.5 Å². The monoisotopic (exact) mass is 368 g/mol. The fraction of sp³-hybridized carbons (Fsp3) is 0.529. The number of nitrogens with one attached hydrogen (secondary N) is 1. The summed E-state index contributed by atoms with van der Waals surface area (Å²) in [7, 11) is -2.60. The van der Waals surface area contributed by atoms with E-state index in [2.05, 4.69) is 10.1 Å². The largest absolute Gasteiger partial charge is 0.465 e. The van der Waals surface area contributed by atoms with Gasteiger partial charge in [-0.05, 0) is 31.4 Å². The molecule has 1 aromatic carbocycles. The van der Waals surface area contributed by atoms with Crippen LogP contribution >= 0.6 is 0 Å². The van der Waals surface area contributed by atoms with Crippen molar-refractivity contribution < 1.29 is 22.7 Å². The first-order valence-electron chi connectivity index (χ1n) is 8.37. The molecule has 0 unspecified atom stereocenters. The predicted molar refractivity (Wildman–Crippen MR) is 92.6 cm³/mol. The lowest BCUT2D eigenvalue weighted by Gasteiger charge is -2.30. The summed E-state index contributed by atoms with van der Waals surface area (Å²) in [5, 5.41) is 2.85. The number of sulfonamides is 1. The lowest BCUT2D eigenvalue weighted by Crippen LogP contribution is -2.43. The van der Waals surface area contributed by atoms with Crippen LogP contribution < -0.4 is 5.32 Å². The molecule has 1 amide bonds. The molecule has 1 N–H and O–H groups in total. The van der Waals surface area contributed by atoms with Gasteiger partial charge < -0.3 is 10.1 Å². The molecule has 1 saturated heterocycles. The summed E-state index contributed by atoms with van der Waals surface area (Å²) in [4.78, 5) is 23.8. The molecule has 1 aliphatic heterocycles. The molecular formula is C17H24N2O5S. The summed E-state index contributed by atoms with van der Waals surface area (Å²) >= 11 is 0. The van der Waals surface area contributed by atoms with Crippen LogP contribution in [0.25, 0.3) is 0 Å². The number of rotatable bonds is 6. The average molecular weight is 368 g/mol. The summed E-state index contributed by atoms with van der Waals surface area (Å²) in [5.74, 6) is -0.879. The molecule has 2 rings (SSSR count). The number of piperidine rings is 1. The molecular weight excluding hydrogens is 344 g/mol. The second-order valence-electron chi connectivity index (χ2n) is 5.96. The van der Waals surface area contributed by atoms with Gasteiger partial charge in [0, 0.05) is 25.6 Å². The van der Waals surface area contributed by atoms with E-state index >= 15 is 0 Å². The van der Waals surface area contributed by atoms with Crippen LogP contribution in [-0.4, -0.2) is 51.3 Å². The minimum Gasteiger partial charge on any atom is -0.465 e. The van der Waals surface area contributed by atoms with Crippen molar-refractivity contribution in [3.8, 4) is 0 Å². The Bertz CT molecular complexity index is 724. The molecule has 7 nitrogen and oxygen atoms in total. The fourth-order valence-corrected chi connectivity index (χ4v) is 4.51. The highest BCUT2D eigenvalue weighted by Crippen LogP contribution is 2.26. The molecule has 0 aromatic heterocycles. The number of amides is 1. The van der Waals surface area contributed by atoms with Crippen molar-refractivity contribution in [2.24, 2.45) is 5.92 Å². The molecule has 1 heterocycles. The molecule has 0 spiro atoms. The summed E-state index contributed by atoms with van der Waals surface area (Å²) in [6.45, 7) is 3.11. The van der Waals surface area contributed by atoms with E-state index < -0.39 is 16.0 Å². The molecule has 25 heavy (non-hydrogen) atoms. The van der Waals surface area contributed by atoms with Crippen molar-refractivity contribution in [3.05, 3.63) is 29.8 Å². The third-order valence-electron chi connectivity index (χ3n) is 4.28. The second-order valence-corrected chi connectivity index (χ2v) is 7.86. The van der Waals surface area contributed by atoms with Crippen LogP contribution in [-0.2, 0) is 19.6 Å². The Labute approximate surface area is 148 Å². The van der Waals surface area contributed by atoms with Crippen molar-refractivity contribution in [2.75, 3.05) is 26.7 Å². The van der Waals surface area contributed by atoms with Crippen molar-refractivity contribution >= 4 is 21.9 Å². The number of hydrogen-bond acceptors (Lipinski definition) is 5. The van der Waals surface area contributed by atoms with E-state index in [0.29, 0.717) is 19.4 Å². The average Bonchev–Trinajstić information content (AvgIpc) is 2.65. The standard InChI is InChI=1S/C17H24N2O5S/c1-3-10-18-16(20)13-8-11-19(12-9-13)25(22,23)15-7-5-4-6-14(15)17(21)24-2/h4-7,13H,3,8-12H2,1-2H3,(H,18,20). The third kappa shape index (κ3) is 4.38. The molecule has 0 bridgehead atoms. The van der Waals surface area contributed by atoms with E-state index in [9.17, 15) is 18.0 Å². The fourth-order valence-electron chi connectivity index (χ4n) is 2.86. The molecule has 0 aliphatic carbocycles. The summed E-state index contributed by atoms with van der Waals surface area (Å²) in [6, 6.07) is 6.01. The molecule has 138 valence electrons. The molecule has 8 heteroatoms. The van der Waals surface area contributed by atoms with Gasteiger partial charge in [0.2, 0.25) is 15.9 Å². The number of carbonyl (C=O) groups excluding carboxylic acids is 2. The maximum Gasteiger partial charge on any atom is 0.339 e. The van der Waals surface area contributed by atoms with Crippen LogP contribution in [0.15, 0.2) is 29.2 Å². The molecule has 0 saturated carbocycles. The van der Waals surface area contributed by atoms with Gasteiger partial charge in [-0.3, -0.25) is 4.79 Å². The van der Waals surface area contributed by atoms with Crippen LogP contribution in [0, 0.1) is 5.92 Å². The molecule has 0 atom stereocenters. The van der Waals surface area contributed by atoms with Crippen molar-refractivity contribution in [2.45, 2.75) is 31.1 Å². The maximum absolute atomic E-state index is 12.9. The number of nitrogens with zero attached hydrogens (tertiary/aromatic N) is 1. The lowest BCUT2D eigenvalue weighted by atomic mass is 9.97. The molecule has 1 aromatic rings. The van der Waals surface area contributed by atoms with E-state index in [1.165, 1.54) is 23.5 Å². The summed E-state index contributed by atoms with van der Waals surface area (Å²) in [5.41, 5.74) is 0.0211. The minimum atomic E-state index is -3.81. The van der Waals surface area contributed by atoms with Crippen molar-refractivity contribution in [1.29, 1.82) is 0 Å². The van der Waals surface area contributed by atoms with Crippen molar-refractivity contribution in [1.82, 2.24) is 9.62 Å². The number of methoxy groups -OCH3 is 1. The first-order valence-corrected chi connectivity index (χ1v) is 9.81. The van der Waals surface area contributed by atoms with Gasteiger partial charge in [-0.15, -0.1) is 0 Å². The van der Waals surface area contributed by atoms with Crippen molar-refractivity contribution in [3.63, 3.8) is 0 Å². The SMILES string of the molecule is CCCNC(=O)C1CCN(S(=O)(=O)c2ccccc2C(=O)OC)CC1. The number of ether oxygens (including phenoxy) is 1. The first-order chi connectivity index (χ1) is 11.9. The molecule has 1 fully saturated rings. The zero-order chi connectivity index (χ0) is 18.4. The number of hydrogen-bond donors (Lipinski definition) is 1. The van der Waals surface area contributed by atoms with E-state index in [1.807, 2.05) is 6.92 Å². The van der Waals surface area contributed by atoms with Gasteiger partial charge in [0.25, 0.3) is 0 Å². The zero-order valence-electron chi connectivity index (χ0n) is 14.5. The highest BCUT2D eigenvalue weighted by molar-refractivity contribution is 7.89. The Morgan fingerprint density at radius 1 is 1.24 bits per heavy atom. The van der Waals surface area contributed by atoms with E-state index in [1.54, 1.807) is 12.1 Å². The third-order valence-corrected chi connectivity index (χ3v) is 6.24. The Morgan fingerprint density at radius 3 is 2.48 bits per heavy atom. The van der Waals surface area contributed by atoms with E-state index in [-0.39, 0.29) is 35.4 Å². The van der Waals surface area contributed by atoms with Gasteiger partial charge in [-0.1, -0.05) is 19.1 Å². The zero-order valence-corrected chi connectivity index (χ0v) is 15.3. The van der Waals surface area contributed by atoms with E-state index in [4.69, 9.17) is 0 Å². The Balaban J connectivity index is 2.13. The smallest absolute Gasteiger partial charge is 0.339 e. The van der Waals surface area contributed by atoms with Gasteiger partial charge in [0.05, 0.1) is 17.6 Å². The first kappa shape index (κ1) is 19.4. The van der Waals surface area contributed by atoms with Gasteiger partial charge in [0.15, 0.2) is 0 Å². The number of carbonyl (C=O) groups is 2. The predicted octanol–water partition coefficient (Wildman–Crippen LogP) is 1.40. The van der Waals surface area contributed by atoms with Crippen LogP contribution in [0.5, 0.6) is 0 Å². The summed E-state index contributed by atoms with van der Waals surface area (Å²) in [6.07, 6.45) is 1.80. The van der Waals surface area contributed by atoms with Gasteiger partial charge in [-0.2, -0.15) is 4.31 Å². The normalized spacial score (nSPS) is 16.4. The highest BCUT2D eigenvalue weighted by Gasteiger charge is 2.34. The molecule has 1 aliphatic rings. The quantitative estimate of drug-likeness (QED) is 0.766.